The van der Waals surface area contributed by atoms with Crippen LogP contribution in [0.15, 0.2) is 0 Å². The zero-order valence-corrected chi connectivity index (χ0v) is 15.2. The molecule has 21 heavy (non-hydrogen) atoms. The van der Waals surface area contributed by atoms with E-state index in [1.54, 1.807) is 0 Å². The Bertz CT molecular complexity index is 316. The van der Waals surface area contributed by atoms with Crippen LogP contribution in [-0.2, 0) is 0 Å². The van der Waals surface area contributed by atoms with Crippen LogP contribution in [0.5, 0.6) is 0 Å². The predicted molar refractivity (Wildman–Crippen MR) is 91.7 cm³/mol. The maximum absolute atomic E-state index is 2.72. The Kier molecular flexibility index (Phi) is 5.72. The summed E-state index contributed by atoms with van der Waals surface area (Å²) < 4.78 is 0. The number of likely N-dealkylation sites (tertiary alicyclic amines) is 1. The number of hydrogen-bond donors (Lipinski definition) is 0. The van der Waals surface area contributed by atoms with Crippen molar-refractivity contribution in [3.05, 3.63) is 0 Å². The second-order valence-electron chi connectivity index (χ2n) is 8.47. The van der Waals surface area contributed by atoms with Gasteiger partial charge in [0.15, 0.2) is 0 Å². The monoisotopic (exact) mass is 295 g/mol. The maximum atomic E-state index is 2.72. The molecule has 1 atom stereocenters. The van der Waals surface area contributed by atoms with Crippen LogP contribution in [0.25, 0.3) is 0 Å². The molecule has 0 aromatic rings. The topological polar surface area (TPSA) is 9.72 Å². The first-order valence-electron chi connectivity index (χ1n) is 9.00. The van der Waals surface area contributed by atoms with Gasteiger partial charge >= 0.3 is 0 Å². The Morgan fingerprint density at radius 3 is 1.90 bits per heavy atom. The van der Waals surface area contributed by atoms with Crippen molar-refractivity contribution in [1.29, 1.82) is 0 Å². The summed E-state index contributed by atoms with van der Waals surface area (Å²) in [5.74, 6) is 0.859. The molecule has 0 N–H and O–H groups in total. The van der Waals surface area contributed by atoms with E-state index in [4.69, 9.17) is 0 Å². The first kappa shape index (κ1) is 17.2. The third-order valence-corrected chi connectivity index (χ3v) is 5.83. The highest BCUT2D eigenvalue weighted by Crippen LogP contribution is 2.36. The van der Waals surface area contributed by atoms with E-state index in [0.29, 0.717) is 17.5 Å². The highest BCUT2D eigenvalue weighted by atomic mass is 15.3. The summed E-state index contributed by atoms with van der Waals surface area (Å²) in [6, 6.07) is 1.40. The van der Waals surface area contributed by atoms with E-state index in [2.05, 4.69) is 56.2 Å². The number of rotatable bonds is 4. The van der Waals surface area contributed by atoms with E-state index < -0.39 is 0 Å². The quantitative estimate of drug-likeness (QED) is 0.789. The van der Waals surface area contributed by atoms with E-state index >= 15 is 0 Å². The number of piperazine rings is 1. The first-order chi connectivity index (χ1) is 9.79. The Hall–Kier alpha value is -0.120. The van der Waals surface area contributed by atoms with Crippen molar-refractivity contribution in [1.82, 2.24) is 14.7 Å². The molecule has 0 aliphatic carbocycles. The van der Waals surface area contributed by atoms with Gasteiger partial charge in [0.1, 0.15) is 0 Å². The van der Waals surface area contributed by atoms with Gasteiger partial charge in [0.25, 0.3) is 0 Å². The SMILES string of the molecule is CC(C)N1CCN(C[C@@H]2CCN(C(C)C)CC2(C)C)CC1. The van der Waals surface area contributed by atoms with Crippen molar-refractivity contribution in [3.63, 3.8) is 0 Å². The second-order valence-corrected chi connectivity index (χ2v) is 8.47. The number of nitrogens with zero attached hydrogens (tertiary/aromatic N) is 3. The van der Waals surface area contributed by atoms with E-state index in [1.165, 1.54) is 52.2 Å². The summed E-state index contributed by atoms with van der Waals surface area (Å²) in [7, 11) is 0. The van der Waals surface area contributed by atoms with Gasteiger partial charge in [-0.05, 0) is 52.0 Å². The Balaban J connectivity index is 1.84. The molecule has 2 aliphatic heterocycles. The standard InChI is InChI=1S/C18H37N3/c1-15(2)20-11-9-19(10-12-20)13-17-7-8-21(16(3)4)14-18(17,5)6/h15-17H,7-14H2,1-6H3/t17-/m0/s1. The smallest absolute Gasteiger partial charge is 0.0113 e. The first-order valence-corrected chi connectivity index (χ1v) is 9.00. The van der Waals surface area contributed by atoms with Crippen LogP contribution < -0.4 is 0 Å². The van der Waals surface area contributed by atoms with Gasteiger partial charge < -0.3 is 9.80 Å². The average Bonchev–Trinajstić information content (AvgIpc) is 2.41. The van der Waals surface area contributed by atoms with Crippen molar-refractivity contribution in [3.8, 4) is 0 Å². The van der Waals surface area contributed by atoms with Crippen molar-refractivity contribution < 1.29 is 0 Å². The predicted octanol–water partition coefficient (Wildman–Crippen LogP) is 2.77. The average molecular weight is 296 g/mol. The van der Waals surface area contributed by atoms with Crippen molar-refractivity contribution >= 4 is 0 Å². The molecule has 0 spiro atoms. The lowest BCUT2D eigenvalue weighted by atomic mass is 9.73. The minimum atomic E-state index is 0.456. The molecule has 124 valence electrons. The molecule has 2 rings (SSSR count). The fourth-order valence-electron chi connectivity index (χ4n) is 4.00. The normalized spacial score (nSPS) is 29.4. The van der Waals surface area contributed by atoms with Crippen molar-refractivity contribution in [2.45, 2.75) is 60.0 Å². The van der Waals surface area contributed by atoms with Gasteiger partial charge in [-0.25, -0.2) is 0 Å². The van der Waals surface area contributed by atoms with E-state index in [9.17, 15) is 0 Å². The minimum absolute atomic E-state index is 0.456. The van der Waals surface area contributed by atoms with Gasteiger partial charge in [0.05, 0.1) is 0 Å². The van der Waals surface area contributed by atoms with Crippen LogP contribution in [-0.4, -0.2) is 72.6 Å². The molecule has 0 aromatic carbocycles. The summed E-state index contributed by atoms with van der Waals surface area (Å²) in [5, 5.41) is 0. The molecule has 0 aromatic heterocycles. The minimum Gasteiger partial charge on any atom is -0.300 e. The summed E-state index contributed by atoms with van der Waals surface area (Å²) in [5.41, 5.74) is 0.456. The van der Waals surface area contributed by atoms with Gasteiger partial charge in [-0.1, -0.05) is 13.8 Å². The third-order valence-electron chi connectivity index (χ3n) is 5.83. The van der Waals surface area contributed by atoms with Crippen LogP contribution >= 0.6 is 0 Å². The summed E-state index contributed by atoms with van der Waals surface area (Å²) in [6.07, 6.45) is 1.37. The Morgan fingerprint density at radius 1 is 0.857 bits per heavy atom. The lowest BCUT2D eigenvalue weighted by Crippen LogP contribution is -2.54. The Labute approximate surface area is 132 Å². The fourth-order valence-corrected chi connectivity index (χ4v) is 4.00. The van der Waals surface area contributed by atoms with Gasteiger partial charge in [0, 0.05) is 51.4 Å². The summed E-state index contributed by atoms with van der Waals surface area (Å²) >= 11 is 0. The Morgan fingerprint density at radius 2 is 1.43 bits per heavy atom. The molecule has 0 saturated carbocycles. The number of hydrogen-bond acceptors (Lipinski definition) is 3. The molecule has 2 saturated heterocycles. The summed E-state index contributed by atoms with van der Waals surface area (Å²) in [4.78, 5) is 7.99. The molecule has 3 nitrogen and oxygen atoms in total. The van der Waals surface area contributed by atoms with Crippen LogP contribution in [0.3, 0.4) is 0 Å². The molecule has 2 fully saturated rings. The van der Waals surface area contributed by atoms with E-state index in [1.807, 2.05) is 0 Å². The molecule has 0 bridgehead atoms. The lowest BCUT2D eigenvalue weighted by molar-refractivity contribution is 0.00627. The van der Waals surface area contributed by atoms with Gasteiger partial charge in [-0.3, -0.25) is 4.90 Å². The van der Waals surface area contributed by atoms with E-state index in [-0.39, 0.29) is 0 Å². The molecule has 0 radical (unpaired) electrons. The van der Waals surface area contributed by atoms with Crippen molar-refractivity contribution in [2.75, 3.05) is 45.8 Å². The molecular formula is C18H37N3. The fraction of sp³-hybridized carbons (Fsp3) is 1.00. The van der Waals surface area contributed by atoms with Crippen LogP contribution in [0, 0.1) is 11.3 Å². The molecule has 2 aliphatic rings. The molecular weight excluding hydrogens is 258 g/mol. The zero-order chi connectivity index (χ0) is 15.6. The molecule has 3 heteroatoms. The van der Waals surface area contributed by atoms with Crippen LogP contribution in [0.4, 0.5) is 0 Å². The second kappa shape index (κ2) is 6.97. The highest BCUT2D eigenvalue weighted by Gasteiger charge is 2.37. The van der Waals surface area contributed by atoms with Gasteiger partial charge in [0.2, 0.25) is 0 Å². The number of piperidine rings is 1. The summed E-state index contributed by atoms with van der Waals surface area (Å²) in [6.45, 7) is 23.2. The molecule has 0 unspecified atom stereocenters. The van der Waals surface area contributed by atoms with Crippen molar-refractivity contribution in [2.24, 2.45) is 11.3 Å². The van der Waals surface area contributed by atoms with E-state index in [0.717, 1.165) is 5.92 Å². The van der Waals surface area contributed by atoms with Crippen LogP contribution in [0.1, 0.15) is 48.0 Å². The van der Waals surface area contributed by atoms with Gasteiger partial charge in [-0.15, -0.1) is 0 Å². The van der Waals surface area contributed by atoms with Gasteiger partial charge in [-0.2, -0.15) is 0 Å². The maximum Gasteiger partial charge on any atom is 0.0113 e. The zero-order valence-electron chi connectivity index (χ0n) is 15.2. The highest BCUT2D eigenvalue weighted by molar-refractivity contribution is 4.90. The third kappa shape index (κ3) is 4.43. The molecule has 2 heterocycles. The largest absolute Gasteiger partial charge is 0.300 e. The lowest BCUT2D eigenvalue weighted by Gasteiger charge is -2.48. The molecule has 0 amide bonds. The van der Waals surface area contributed by atoms with Crippen LogP contribution in [0.2, 0.25) is 0 Å².